The molecule has 2 fully saturated rings. The molecule has 106 valence electrons. The minimum Gasteiger partial charge on any atom is -0.309 e. The highest BCUT2D eigenvalue weighted by molar-refractivity contribution is 7.91. The molecule has 0 spiro atoms. The Balaban J connectivity index is 2.21. The van der Waals surface area contributed by atoms with Crippen LogP contribution in [0.4, 0.5) is 0 Å². The van der Waals surface area contributed by atoms with E-state index in [-0.39, 0.29) is 11.1 Å². The SMILES string of the molecule is CCC1(C)CN(C2(C)CCS(=O)(=O)C2)C(C)CN1. The minimum absolute atomic E-state index is 0.113. The average Bonchev–Trinajstić information content (AvgIpc) is 2.58. The number of rotatable bonds is 2. The summed E-state index contributed by atoms with van der Waals surface area (Å²) in [6.45, 7) is 10.6. The van der Waals surface area contributed by atoms with Crippen LogP contribution in [0, 0.1) is 0 Å². The van der Waals surface area contributed by atoms with Gasteiger partial charge in [-0.05, 0) is 33.6 Å². The zero-order valence-electron chi connectivity index (χ0n) is 12.0. The number of nitrogens with zero attached hydrogens (tertiary/aromatic N) is 1. The molecule has 2 rings (SSSR count). The topological polar surface area (TPSA) is 49.4 Å². The van der Waals surface area contributed by atoms with E-state index in [1.54, 1.807) is 0 Å². The third-order valence-electron chi connectivity index (χ3n) is 4.83. The van der Waals surface area contributed by atoms with Crippen LogP contribution >= 0.6 is 0 Å². The van der Waals surface area contributed by atoms with Crippen molar-refractivity contribution in [3.8, 4) is 0 Å². The van der Waals surface area contributed by atoms with Crippen LogP contribution in [0.2, 0.25) is 0 Å². The van der Waals surface area contributed by atoms with Crippen molar-refractivity contribution in [2.45, 2.75) is 57.7 Å². The first-order valence-electron chi connectivity index (χ1n) is 6.92. The molecule has 2 aliphatic heterocycles. The van der Waals surface area contributed by atoms with Crippen molar-refractivity contribution in [1.29, 1.82) is 0 Å². The second-order valence-electron chi connectivity index (χ2n) is 6.61. The van der Waals surface area contributed by atoms with Gasteiger partial charge in [0.1, 0.15) is 0 Å². The van der Waals surface area contributed by atoms with Crippen LogP contribution in [0.5, 0.6) is 0 Å². The lowest BCUT2D eigenvalue weighted by molar-refractivity contribution is 0.0141. The zero-order valence-corrected chi connectivity index (χ0v) is 12.8. The summed E-state index contributed by atoms with van der Waals surface area (Å²) >= 11 is 0. The number of hydrogen-bond donors (Lipinski definition) is 1. The van der Waals surface area contributed by atoms with Crippen molar-refractivity contribution in [2.75, 3.05) is 24.6 Å². The van der Waals surface area contributed by atoms with Crippen LogP contribution in [0.3, 0.4) is 0 Å². The Morgan fingerprint density at radius 3 is 2.56 bits per heavy atom. The Labute approximate surface area is 111 Å². The van der Waals surface area contributed by atoms with Gasteiger partial charge in [0, 0.05) is 30.2 Å². The van der Waals surface area contributed by atoms with E-state index in [2.05, 4.69) is 37.9 Å². The number of nitrogens with one attached hydrogen (secondary N) is 1. The summed E-state index contributed by atoms with van der Waals surface area (Å²) < 4.78 is 23.6. The first-order valence-corrected chi connectivity index (χ1v) is 8.74. The van der Waals surface area contributed by atoms with Crippen molar-refractivity contribution in [1.82, 2.24) is 10.2 Å². The number of hydrogen-bond acceptors (Lipinski definition) is 4. The van der Waals surface area contributed by atoms with Gasteiger partial charge in [-0.25, -0.2) is 8.42 Å². The lowest BCUT2D eigenvalue weighted by Gasteiger charge is -2.51. The fraction of sp³-hybridized carbons (Fsp3) is 1.00. The largest absolute Gasteiger partial charge is 0.309 e. The molecule has 2 heterocycles. The fourth-order valence-corrected chi connectivity index (χ4v) is 5.42. The van der Waals surface area contributed by atoms with Crippen molar-refractivity contribution in [3.05, 3.63) is 0 Å². The van der Waals surface area contributed by atoms with Crippen LogP contribution in [0.1, 0.15) is 40.5 Å². The first kappa shape index (κ1) is 14.3. The van der Waals surface area contributed by atoms with Crippen molar-refractivity contribution < 1.29 is 8.42 Å². The molecule has 2 saturated heterocycles. The molecule has 0 aliphatic carbocycles. The summed E-state index contributed by atoms with van der Waals surface area (Å²) in [6, 6.07) is 0.405. The lowest BCUT2D eigenvalue weighted by Crippen LogP contribution is -2.67. The molecule has 4 nitrogen and oxygen atoms in total. The Morgan fingerprint density at radius 2 is 2.06 bits per heavy atom. The van der Waals surface area contributed by atoms with E-state index in [0.717, 1.165) is 25.9 Å². The summed E-state index contributed by atoms with van der Waals surface area (Å²) in [5.74, 6) is 0.674. The monoisotopic (exact) mass is 274 g/mol. The molecular formula is C13H26N2O2S. The van der Waals surface area contributed by atoms with Crippen LogP contribution in [0.25, 0.3) is 0 Å². The van der Waals surface area contributed by atoms with E-state index in [9.17, 15) is 8.42 Å². The molecular weight excluding hydrogens is 248 g/mol. The summed E-state index contributed by atoms with van der Waals surface area (Å²) in [7, 11) is -2.83. The van der Waals surface area contributed by atoms with Gasteiger partial charge < -0.3 is 5.32 Å². The van der Waals surface area contributed by atoms with Gasteiger partial charge in [0.2, 0.25) is 0 Å². The van der Waals surface area contributed by atoms with Crippen molar-refractivity contribution in [2.24, 2.45) is 0 Å². The lowest BCUT2D eigenvalue weighted by atomic mass is 9.88. The highest BCUT2D eigenvalue weighted by Crippen LogP contribution is 2.34. The van der Waals surface area contributed by atoms with Gasteiger partial charge in [0.05, 0.1) is 11.5 Å². The molecule has 5 heteroatoms. The van der Waals surface area contributed by atoms with E-state index < -0.39 is 9.84 Å². The molecule has 0 bridgehead atoms. The van der Waals surface area contributed by atoms with Crippen molar-refractivity contribution in [3.63, 3.8) is 0 Å². The Hall–Kier alpha value is -0.130. The van der Waals surface area contributed by atoms with E-state index in [1.807, 2.05) is 0 Å². The molecule has 0 saturated carbocycles. The van der Waals surface area contributed by atoms with Gasteiger partial charge in [-0.15, -0.1) is 0 Å². The van der Waals surface area contributed by atoms with E-state index in [0.29, 0.717) is 17.5 Å². The summed E-state index contributed by atoms with van der Waals surface area (Å²) in [5.41, 5.74) is -0.0569. The molecule has 18 heavy (non-hydrogen) atoms. The second kappa shape index (κ2) is 4.46. The minimum atomic E-state index is -2.83. The number of piperazine rings is 1. The summed E-state index contributed by atoms with van der Waals surface area (Å²) in [6.07, 6.45) is 1.85. The van der Waals surface area contributed by atoms with Gasteiger partial charge in [-0.1, -0.05) is 6.92 Å². The maximum absolute atomic E-state index is 11.8. The second-order valence-corrected chi connectivity index (χ2v) is 8.80. The molecule has 2 aliphatic rings. The van der Waals surface area contributed by atoms with E-state index in [1.165, 1.54) is 0 Å². The van der Waals surface area contributed by atoms with Crippen LogP contribution in [0.15, 0.2) is 0 Å². The predicted octanol–water partition coefficient (Wildman–Crippen LogP) is 1.03. The standard InChI is InChI=1S/C13H26N2O2S/c1-5-12(3)9-15(11(2)8-14-12)13(4)6-7-18(16,17)10-13/h11,14H,5-10H2,1-4H3. The fourth-order valence-electron chi connectivity index (χ4n) is 3.27. The smallest absolute Gasteiger partial charge is 0.152 e. The maximum atomic E-state index is 11.8. The van der Waals surface area contributed by atoms with Gasteiger partial charge in [0.25, 0.3) is 0 Å². The molecule has 0 amide bonds. The summed E-state index contributed by atoms with van der Waals surface area (Å²) in [4.78, 5) is 2.43. The highest BCUT2D eigenvalue weighted by Gasteiger charge is 2.47. The normalized spacial score (nSPS) is 45.2. The first-order chi connectivity index (χ1) is 8.20. The molecule has 0 aromatic heterocycles. The van der Waals surface area contributed by atoms with Crippen molar-refractivity contribution >= 4 is 9.84 Å². The Morgan fingerprint density at radius 1 is 1.39 bits per heavy atom. The Bertz CT molecular complexity index is 423. The van der Waals surface area contributed by atoms with Gasteiger partial charge in [-0.3, -0.25) is 4.90 Å². The third kappa shape index (κ3) is 2.58. The zero-order chi connectivity index (χ0) is 13.6. The molecule has 3 unspecified atom stereocenters. The Kier molecular flexibility index (Phi) is 3.54. The van der Waals surface area contributed by atoms with Crippen LogP contribution < -0.4 is 5.32 Å². The van der Waals surface area contributed by atoms with Gasteiger partial charge >= 0.3 is 0 Å². The predicted molar refractivity (Wildman–Crippen MR) is 74.5 cm³/mol. The molecule has 0 aromatic carbocycles. The van der Waals surface area contributed by atoms with Crippen LogP contribution in [-0.2, 0) is 9.84 Å². The summed E-state index contributed by atoms with van der Waals surface area (Å²) in [5, 5.41) is 3.60. The molecule has 3 atom stereocenters. The molecule has 0 radical (unpaired) electrons. The van der Waals surface area contributed by atoms with E-state index in [4.69, 9.17) is 0 Å². The maximum Gasteiger partial charge on any atom is 0.152 e. The molecule has 0 aromatic rings. The molecule has 1 N–H and O–H groups in total. The third-order valence-corrected chi connectivity index (χ3v) is 6.72. The van der Waals surface area contributed by atoms with Gasteiger partial charge in [0.15, 0.2) is 9.84 Å². The quantitative estimate of drug-likeness (QED) is 0.817. The average molecular weight is 274 g/mol. The highest BCUT2D eigenvalue weighted by atomic mass is 32.2. The number of sulfone groups is 1. The van der Waals surface area contributed by atoms with Crippen LogP contribution in [-0.4, -0.2) is 55.0 Å². The van der Waals surface area contributed by atoms with E-state index >= 15 is 0 Å². The van der Waals surface area contributed by atoms with Gasteiger partial charge in [-0.2, -0.15) is 0 Å².